The Morgan fingerprint density at radius 1 is 1.18 bits per heavy atom. The molecule has 2 atom stereocenters. The van der Waals surface area contributed by atoms with Crippen LogP contribution in [0.3, 0.4) is 0 Å². The molecule has 154 valence electrons. The van der Waals surface area contributed by atoms with E-state index in [1.165, 1.54) is 12.1 Å². The Labute approximate surface area is 181 Å². The van der Waals surface area contributed by atoms with Crippen molar-refractivity contribution in [3.63, 3.8) is 0 Å². The second-order valence-corrected chi connectivity index (χ2v) is 6.04. The molecule has 2 rings (SSSR count). The van der Waals surface area contributed by atoms with E-state index in [4.69, 9.17) is 4.74 Å². The van der Waals surface area contributed by atoms with E-state index >= 15 is 0 Å². The lowest BCUT2D eigenvalue weighted by Crippen LogP contribution is -2.39. The minimum atomic E-state index is -0.788. The lowest BCUT2D eigenvalue weighted by atomic mass is 10.1. The van der Waals surface area contributed by atoms with Gasteiger partial charge in [0, 0.05) is 18.2 Å². The average molecular weight is 505 g/mol. The van der Waals surface area contributed by atoms with Crippen LogP contribution in [0.5, 0.6) is 5.75 Å². The smallest absolute Gasteiger partial charge is 0.191 e. The maximum absolute atomic E-state index is 13.9. The summed E-state index contributed by atoms with van der Waals surface area (Å²) >= 11 is 0. The van der Waals surface area contributed by atoms with Gasteiger partial charge in [-0.1, -0.05) is 18.2 Å². The first-order valence-electron chi connectivity index (χ1n) is 8.76. The van der Waals surface area contributed by atoms with Crippen LogP contribution in [0, 0.1) is 11.6 Å². The van der Waals surface area contributed by atoms with Crippen LogP contribution in [0.4, 0.5) is 8.78 Å². The Kier molecular flexibility index (Phi) is 10.2. The third kappa shape index (κ3) is 6.90. The van der Waals surface area contributed by atoms with Gasteiger partial charge in [0.15, 0.2) is 5.96 Å². The molecule has 0 aliphatic carbocycles. The van der Waals surface area contributed by atoms with Crippen molar-refractivity contribution in [3.05, 3.63) is 65.2 Å². The van der Waals surface area contributed by atoms with Gasteiger partial charge in [-0.15, -0.1) is 24.0 Å². The number of nitrogens with one attached hydrogen (secondary N) is 2. The molecule has 0 saturated carbocycles. The fraction of sp³-hybridized carbons (Fsp3) is 0.350. The second-order valence-electron chi connectivity index (χ2n) is 6.04. The van der Waals surface area contributed by atoms with Crippen LogP contribution in [0.15, 0.2) is 47.5 Å². The summed E-state index contributed by atoms with van der Waals surface area (Å²) in [6, 6.07) is 10.1. The van der Waals surface area contributed by atoms with Crippen LogP contribution >= 0.6 is 24.0 Å². The maximum atomic E-state index is 13.9. The SMILES string of the molecule is CCNC(=NCC(O)c1ccc(OC)cc1)NC(C)c1ccc(F)cc1F.I. The molecule has 0 saturated heterocycles. The number of ether oxygens (including phenoxy) is 1. The van der Waals surface area contributed by atoms with Gasteiger partial charge in [0.25, 0.3) is 0 Å². The number of hydrogen-bond donors (Lipinski definition) is 3. The summed E-state index contributed by atoms with van der Waals surface area (Å²) in [5, 5.41) is 16.4. The zero-order chi connectivity index (χ0) is 19.8. The molecule has 8 heteroatoms. The highest BCUT2D eigenvalue weighted by molar-refractivity contribution is 14.0. The summed E-state index contributed by atoms with van der Waals surface area (Å²) in [5.74, 6) is -0.100. The average Bonchev–Trinajstić information content (AvgIpc) is 2.66. The maximum Gasteiger partial charge on any atom is 0.191 e. The normalized spacial score (nSPS) is 13.3. The molecule has 0 heterocycles. The van der Waals surface area contributed by atoms with Crippen LogP contribution in [-0.4, -0.2) is 31.3 Å². The molecular weight excluding hydrogens is 479 g/mol. The summed E-state index contributed by atoms with van der Waals surface area (Å²) in [7, 11) is 1.58. The van der Waals surface area contributed by atoms with Gasteiger partial charge < -0.3 is 20.5 Å². The predicted octanol–water partition coefficient (Wildman–Crippen LogP) is 3.94. The number of benzene rings is 2. The number of aliphatic hydroxyl groups excluding tert-OH is 1. The van der Waals surface area contributed by atoms with E-state index in [9.17, 15) is 13.9 Å². The molecule has 0 radical (unpaired) electrons. The largest absolute Gasteiger partial charge is 0.497 e. The molecule has 0 spiro atoms. The Balaban J connectivity index is 0.00000392. The van der Waals surface area contributed by atoms with Crippen LogP contribution in [0.2, 0.25) is 0 Å². The van der Waals surface area contributed by atoms with Crippen molar-refractivity contribution in [1.29, 1.82) is 0 Å². The van der Waals surface area contributed by atoms with Gasteiger partial charge >= 0.3 is 0 Å². The summed E-state index contributed by atoms with van der Waals surface area (Å²) in [4.78, 5) is 4.36. The molecule has 0 aliphatic rings. The standard InChI is InChI=1S/C20H25F2N3O2.HI/c1-4-23-20(25-13(2)17-10-7-15(21)11-18(17)22)24-12-19(26)14-5-8-16(27-3)9-6-14;/h5-11,13,19,26H,4,12H2,1-3H3,(H2,23,24,25);1H. The van der Waals surface area contributed by atoms with Crippen LogP contribution < -0.4 is 15.4 Å². The van der Waals surface area contributed by atoms with Gasteiger partial charge in [-0.05, 0) is 37.6 Å². The van der Waals surface area contributed by atoms with Crippen molar-refractivity contribution in [2.45, 2.75) is 26.0 Å². The lowest BCUT2D eigenvalue weighted by molar-refractivity contribution is 0.187. The van der Waals surface area contributed by atoms with E-state index in [2.05, 4.69) is 15.6 Å². The first-order valence-corrected chi connectivity index (χ1v) is 8.76. The van der Waals surface area contributed by atoms with Crippen molar-refractivity contribution in [1.82, 2.24) is 10.6 Å². The Hall–Kier alpha value is -1.94. The zero-order valence-corrected chi connectivity index (χ0v) is 18.4. The monoisotopic (exact) mass is 505 g/mol. The van der Waals surface area contributed by atoms with Gasteiger partial charge in [0.05, 0.1) is 25.8 Å². The van der Waals surface area contributed by atoms with Crippen molar-refractivity contribution in [2.75, 3.05) is 20.2 Å². The summed E-state index contributed by atoms with van der Waals surface area (Å²) in [6.07, 6.45) is -0.788. The third-order valence-corrected chi connectivity index (χ3v) is 4.05. The Morgan fingerprint density at radius 3 is 2.43 bits per heavy atom. The van der Waals surface area contributed by atoms with Crippen molar-refractivity contribution >= 4 is 29.9 Å². The van der Waals surface area contributed by atoms with Gasteiger partial charge in [-0.3, -0.25) is 4.99 Å². The predicted molar refractivity (Wildman–Crippen MR) is 117 cm³/mol. The molecule has 0 aliphatic heterocycles. The summed E-state index contributed by atoms with van der Waals surface area (Å²) < 4.78 is 32.1. The molecular formula is C20H26F2IN3O2. The van der Waals surface area contributed by atoms with Gasteiger partial charge in [-0.2, -0.15) is 0 Å². The highest BCUT2D eigenvalue weighted by Gasteiger charge is 2.14. The second kappa shape index (κ2) is 11.8. The van der Waals surface area contributed by atoms with E-state index in [-0.39, 0.29) is 30.5 Å². The van der Waals surface area contributed by atoms with E-state index in [1.54, 1.807) is 38.3 Å². The summed E-state index contributed by atoms with van der Waals surface area (Å²) in [5.41, 5.74) is 1.05. The molecule has 2 aromatic rings. The van der Waals surface area contributed by atoms with E-state index in [0.717, 1.165) is 6.07 Å². The highest BCUT2D eigenvalue weighted by atomic mass is 127. The third-order valence-electron chi connectivity index (χ3n) is 4.05. The van der Waals surface area contributed by atoms with E-state index in [1.807, 2.05) is 6.92 Å². The Bertz CT molecular complexity index is 773. The molecule has 28 heavy (non-hydrogen) atoms. The first-order chi connectivity index (χ1) is 12.9. The molecule has 5 nitrogen and oxygen atoms in total. The fourth-order valence-corrected chi connectivity index (χ4v) is 2.56. The Morgan fingerprint density at radius 2 is 1.86 bits per heavy atom. The van der Waals surface area contributed by atoms with Crippen LogP contribution in [0.25, 0.3) is 0 Å². The number of aliphatic hydroxyl groups is 1. The van der Waals surface area contributed by atoms with Gasteiger partial charge in [-0.25, -0.2) is 8.78 Å². The van der Waals surface area contributed by atoms with Crippen molar-refractivity contribution < 1.29 is 18.6 Å². The number of guanidine groups is 1. The van der Waals surface area contributed by atoms with Gasteiger partial charge in [0.2, 0.25) is 0 Å². The molecule has 0 fully saturated rings. The number of halogens is 3. The number of aliphatic imine (C=N–C) groups is 1. The number of nitrogens with zero attached hydrogens (tertiary/aromatic N) is 1. The quantitative estimate of drug-likeness (QED) is 0.303. The van der Waals surface area contributed by atoms with E-state index < -0.39 is 23.8 Å². The van der Waals surface area contributed by atoms with Crippen LogP contribution in [-0.2, 0) is 0 Å². The van der Waals surface area contributed by atoms with E-state index in [0.29, 0.717) is 29.4 Å². The van der Waals surface area contributed by atoms with Crippen molar-refractivity contribution in [3.8, 4) is 5.75 Å². The molecule has 2 unspecified atom stereocenters. The molecule has 0 amide bonds. The van der Waals surface area contributed by atoms with Crippen LogP contribution in [0.1, 0.15) is 37.1 Å². The first kappa shape index (κ1) is 24.1. The minimum absolute atomic E-state index is 0. The topological polar surface area (TPSA) is 65.9 Å². The molecule has 0 bridgehead atoms. The minimum Gasteiger partial charge on any atom is -0.497 e. The summed E-state index contributed by atoms with van der Waals surface area (Å²) in [6.45, 7) is 4.38. The lowest BCUT2D eigenvalue weighted by Gasteiger charge is -2.19. The molecule has 3 N–H and O–H groups in total. The number of rotatable bonds is 7. The van der Waals surface area contributed by atoms with Gasteiger partial charge in [0.1, 0.15) is 17.4 Å². The highest BCUT2D eigenvalue weighted by Crippen LogP contribution is 2.19. The molecule has 0 aromatic heterocycles. The fourth-order valence-electron chi connectivity index (χ4n) is 2.56. The zero-order valence-electron chi connectivity index (χ0n) is 16.1. The molecule has 2 aromatic carbocycles. The number of hydrogen-bond acceptors (Lipinski definition) is 3. The number of methoxy groups -OCH3 is 1. The van der Waals surface area contributed by atoms with Crippen molar-refractivity contribution in [2.24, 2.45) is 4.99 Å².